The summed E-state index contributed by atoms with van der Waals surface area (Å²) in [7, 11) is 6.06. The smallest absolute Gasteiger partial charge is 0.414 e. The van der Waals surface area contributed by atoms with E-state index in [1.165, 1.54) is 62.3 Å². The first-order valence-corrected chi connectivity index (χ1v) is 6.64. The van der Waals surface area contributed by atoms with Crippen LogP contribution in [0, 0.1) is 0 Å². The van der Waals surface area contributed by atoms with Gasteiger partial charge >= 0.3 is 17.8 Å². The zero-order valence-corrected chi connectivity index (χ0v) is 13.2. The summed E-state index contributed by atoms with van der Waals surface area (Å²) in [5, 5.41) is 0.524. The van der Waals surface area contributed by atoms with Crippen molar-refractivity contribution >= 4 is 23.2 Å². The Bertz CT molecular complexity index is 809. The monoisotopic (exact) mass is 320 g/mol. The summed E-state index contributed by atoms with van der Waals surface area (Å²) in [6, 6.07) is 5.55. The molecule has 1 aromatic heterocycles. The summed E-state index contributed by atoms with van der Waals surface area (Å²) in [6.07, 6.45) is -1.30. The van der Waals surface area contributed by atoms with Crippen molar-refractivity contribution in [3.63, 3.8) is 0 Å². The van der Waals surface area contributed by atoms with E-state index in [0.29, 0.717) is 5.39 Å². The maximum absolute atomic E-state index is 11.8. The number of benzene rings is 1. The molecule has 0 saturated carbocycles. The maximum atomic E-state index is 11.8. The van der Waals surface area contributed by atoms with E-state index in [2.05, 4.69) is 0 Å². The molecule has 8 heteroatoms. The number of fused-ring (bicyclic) bond motifs is 1. The number of hydrogen-bond donors (Lipinski definition) is 0. The number of rotatable bonds is 2. The molecule has 23 heavy (non-hydrogen) atoms. The van der Waals surface area contributed by atoms with E-state index in [1.807, 2.05) is 0 Å². The molecule has 0 aliphatic carbocycles. The average molecular weight is 320 g/mol. The lowest BCUT2D eigenvalue weighted by Gasteiger charge is -2.16. The van der Waals surface area contributed by atoms with Crippen molar-refractivity contribution in [3.05, 3.63) is 34.7 Å². The third-order valence-corrected chi connectivity index (χ3v) is 2.81. The quantitative estimate of drug-likeness (QED) is 0.785. The van der Waals surface area contributed by atoms with Gasteiger partial charge < -0.3 is 23.7 Å². The summed E-state index contributed by atoms with van der Waals surface area (Å²) in [5.41, 5.74) is -0.330. The van der Waals surface area contributed by atoms with E-state index >= 15 is 0 Å². The molecule has 0 atom stereocenters. The van der Waals surface area contributed by atoms with Gasteiger partial charge in [-0.2, -0.15) is 0 Å². The number of amides is 2. The molecule has 1 heterocycles. The highest BCUT2D eigenvalue weighted by molar-refractivity contribution is 5.84. The average Bonchev–Trinajstić information content (AvgIpc) is 2.47. The van der Waals surface area contributed by atoms with Crippen LogP contribution in [0.15, 0.2) is 33.5 Å². The topological polar surface area (TPSA) is 89.3 Å². The first-order chi connectivity index (χ1) is 10.8. The van der Waals surface area contributed by atoms with Gasteiger partial charge in [-0.05, 0) is 12.1 Å². The van der Waals surface area contributed by atoms with Crippen LogP contribution in [0.5, 0.6) is 11.5 Å². The summed E-state index contributed by atoms with van der Waals surface area (Å²) in [4.78, 5) is 37.2. The van der Waals surface area contributed by atoms with Gasteiger partial charge in [0.1, 0.15) is 5.58 Å². The van der Waals surface area contributed by atoms with Gasteiger partial charge in [0.05, 0.1) is 0 Å². The normalized spacial score (nSPS) is 10.3. The molecule has 8 nitrogen and oxygen atoms in total. The Morgan fingerprint density at radius 3 is 1.96 bits per heavy atom. The van der Waals surface area contributed by atoms with Crippen molar-refractivity contribution in [3.8, 4) is 11.5 Å². The molecule has 2 rings (SSSR count). The minimum absolute atomic E-state index is 0.0271. The van der Waals surface area contributed by atoms with E-state index in [0.717, 1.165) is 0 Å². The standard InChI is InChI=1S/C15H16N2O6/c1-16(2)14(19)22-11-7-9-5-6-13(18)21-10(9)8-12(11)23-15(20)17(3)4/h5-8H,1-4H3. The van der Waals surface area contributed by atoms with Crippen LogP contribution in [-0.4, -0.2) is 50.2 Å². The van der Waals surface area contributed by atoms with Gasteiger partial charge in [0.25, 0.3) is 0 Å². The van der Waals surface area contributed by atoms with Gasteiger partial charge in [-0.25, -0.2) is 14.4 Å². The molecule has 0 unspecified atom stereocenters. The Labute approximate surface area is 131 Å². The Hall–Kier alpha value is -3.03. The molecule has 0 bridgehead atoms. The second-order valence-corrected chi connectivity index (χ2v) is 5.12. The molecule has 0 saturated heterocycles. The van der Waals surface area contributed by atoms with E-state index in [4.69, 9.17) is 13.9 Å². The fourth-order valence-electron chi connectivity index (χ4n) is 1.61. The third kappa shape index (κ3) is 3.79. The van der Waals surface area contributed by atoms with Gasteiger partial charge in [0.15, 0.2) is 11.5 Å². The number of ether oxygens (including phenoxy) is 2. The first kappa shape index (κ1) is 16.3. The molecule has 0 aliphatic rings. The molecule has 2 aromatic rings. The lowest BCUT2D eigenvalue weighted by molar-refractivity contribution is 0.161. The van der Waals surface area contributed by atoms with Gasteiger partial charge in [-0.3, -0.25) is 0 Å². The van der Waals surface area contributed by atoms with Crippen molar-refractivity contribution in [2.45, 2.75) is 0 Å². The predicted octanol–water partition coefficient (Wildman–Crippen LogP) is 1.91. The van der Waals surface area contributed by atoms with Crippen LogP contribution in [0.25, 0.3) is 11.0 Å². The van der Waals surface area contributed by atoms with Crippen LogP contribution in [0.2, 0.25) is 0 Å². The third-order valence-electron chi connectivity index (χ3n) is 2.81. The van der Waals surface area contributed by atoms with Gasteiger partial charge in [0, 0.05) is 45.7 Å². The second kappa shape index (κ2) is 6.39. The lowest BCUT2D eigenvalue weighted by Crippen LogP contribution is -2.27. The fraction of sp³-hybridized carbons (Fsp3) is 0.267. The number of nitrogens with zero attached hydrogens (tertiary/aromatic N) is 2. The molecular formula is C15H16N2O6. The van der Waals surface area contributed by atoms with Crippen LogP contribution in [0.4, 0.5) is 9.59 Å². The molecule has 0 fully saturated rings. The molecule has 0 spiro atoms. The van der Waals surface area contributed by atoms with Gasteiger partial charge in [-0.15, -0.1) is 0 Å². The predicted molar refractivity (Wildman–Crippen MR) is 81.9 cm³/mol. The van der Waals surface area contributed by atoms with Crippen molar-refractivity contribution in [2.24, 2.45) is 0 Å². The second-order valence-electron chi connectivity index (χ2n) is 5.12. The maximum Gasteiger partial charge on any atom is 0.414 e. The highest BCUT2D eigenvalue weighted by atomic mass is 16.6. The number of hydrogen-bond acceptors (Lipinski definition) is 6. The van der Waals surface area contributed by atoms with E-state index in [1.54, 1.807) is 0 Å². The summed E-state index contributed by atoms with van der Waals surface area (Å²) >= 11 is 0. The Balaban J connectivity index is 2.51. The van der Waals surface area contributed by atoms with E-state index < -0.39 is 17.8 Å². The van der Waals surface area contributed by atoms with Crippen LogP contribution < -0.4 is 15.1 Å². The minimum Gasteiger partial charge on any atom is -0.423 e. The van der Waals surface area contributed by atoms with Crippen LogP contribution in [0.1, 0.15) is 0 Å². The Kier molecular flexibility index (Phi) is 4.54. The molecule has 1 aromatic carbocycles. The van der Waals surface area contributed by atoms with Crippen molar-refractivity contribution in [2.75, 3.05) is 28.2 Å². The number of carbonyl (C=O) groups excluding carboxylic acids is 2. The Morgan fingerprint density at radius 2 is 1.43 bits per heavy atom. The Morgan fingerprint density at radius 1 is 0.913 bits per heavy atom. The highest BCUT2D eigenvalue weighted by Gasteiger charge is 2.18. The number of carbonyl (C=O) groups is 2. The summed E-state index contributed by atoms with van der Waals surface area (Å²) in [5.74, 6) is 0.0148. The summed E-state index contributed by atoms with van der Waals surface area (Å²) < 4.78 is 15.4. The molecule has 0 aliphatic heterocycles. The molecule has 0 radical (unpaired) electrons. The fourth-order valence-corrected chi connectivity index (χ4v) is 1.61. The van der Waals surface area contributed by atoms with E-state index in [-0.39, 0.29) is 17.1 Å². The van der Waals surface area contributed by atoms with Crippen LogP contribution in [0.3, 0.4) is 0 Å². The summed E-state index contributed by atoms with van der Waals surface area (Å²) in [6.45, 7) is 0. The minimum atomic E-state index is -0.662. The molecule has 0 N–H and O–H groups in total. The van der Waals surface area contributed by atoms with Crippen LogP contribution >= 0.6 is 0 Å². The highest BCUT2D eigenvalue weighted by Crippen LogP contribution is 2.32. The largest absolute Gasteiger partial charge is 0.423 e. The van der Waals surface area contributed by atoms with Crippen LogP contribution in [-0.2, 0) is 0 Å². The zero-order valence-electron chi connectivity index (χ0n) is 13.2. The molecule has 2 amide bonds. The van der Waals surface area contributed by atoms with E-state index in [9.17, 15) is 14.4 Å². The molecular weight excluding hydrogens is 304 g/mol. The van der Waals surface area contributed by atoms with Crippen molar-refractivity contribution in [1.82, 2.24) is 9.80 Å². The SMILES string of the molecule is CN(C)C(=O)Oc1cc2ccc(=O)oc2cc1OC(=O)N(C)C. The zero-order chi connectivity index (χ0) is 17.1. The van der Waals surface area contributed by atoms with Crippen molar-refractivity contribution < 1.29 is 23.5 Å². The van der Waals surface area contributed by atoms with Gasteiger partial charge in [0.2, 0.25) is 0 Å². The van der Waals surface area contributed by atoms with Crippen molar-refractivity contribution in [1.29, 1.82) is 0 Å². The van der Waals surface area contributed by atoms with Gasteiger partial charge in [-0.1, -0.05) is 0 Å². The molecule has 122 valence electrons. The first-order valence-electron chi connectivity index (χ1n) is 6.64. The lowest BCUT2D eigenvalue weighted by atomic mass is 10.2.